The lowest BCUT2D eigenvalue weighted by molar-refractivity contribution is 0.527. The molecule has 0 unspecified atom stereocenters. The summed E-state index contributed by atoms with van der Waals surface area (Å²) in [6.07, 6.45) is 5.05. The maximum Gasteiger partial charge on any atom is 0.156 e. The van der Waals surface area contributed by atoms with Gasteiger partial charge in [0.1, 0.15) is 17.3 Å². The monoisotopic (exact) mass is 203 g/mol. The molecule has 3 heterocycles. The molecule has 1 aliphatic rings. The summed E-state index contributed by atoms with van der Waals surface area (Å²) in [6.45, 7) is 0.981. The highest BCUT2D eigenvalue weighted by molar-refractivity contribution is 5.66. The fraction of sp³-hybridized carbons (Fsp3) is 0.364. The van der Waals surface area contributed by atoms with Crippen molar-refractivity contribution >= 4 is 5.82 Å². The van der Waals surface area contributed by atoms with E-state index in [1.54, 1.807) is 6.26 Å². The topological polar surface area (TPSA) is 57.0 Å². The van der Waals surface area contributed by atoms with E-state index in [0.29, 0.717) is 0 Å². The van der Waals surface area contributed by atoms with Gasteiger partial charge in [0.25, 0.3) is 0 Å². The second kappa shape index (κ2) is 3.15. The van der Waals surface area contributed by atoms with E-state index >= 15 is 0 Å². The van der Waals surface area contributed by atoms with Crippen LogP contribution in [0.5, 0.6) is 0 Å². The van der Waals surface area contributed by atoms with Crippen LogP contribution in [-0.2, 0) is 13.0 Å². The van der Waals surface area contributed by atoms with Crippen LogP contribution in [0.4, 0.5) is 5.82 Å². The molecule has 0 aliphatic carbocycles. The molecule has 0 saturated heterocycles. The molecular weight excluding hydrogens is 190 g/mol. The Morgan fingerprint density at radius 2 is 2.33 bits per heavy atom. The number of anilines is 1. The van der Waals surface area contributed by atoms with Gasteiger partial charge in [0, 0.05) is 13.0 Å². The molecule has 2 aromatic rings. The van der Waals surface area contributed by atoms with Gasteiger partial charge >= 0.3 is 0 Å². The van der Waals surface area contributed by atoms with Gasteiger partial charge in [-0.2, -0.15) is 0 Å². The number of furan rings is 1. The van der Waals surface area contributed by atoms with Gasteiger partial charge < -0.3 is 14.7 Å². The molecule has 15 heavy (non-hydrogen) atoms. The first-order valence-corrected chi connectivity index (χ1v) is 5.25. The van der Waals surface area contributed by atoms with Crippen LogP contribution in [0.1, 0.15) is 18.7 Å². The Hall–Kier alpha value is -1.71. The van der Waals surface area contributed by atoms with Crippen LogP contribution < -0.4 is 5.73 Å². The second-order valence-corrected chi connectivity index (χ2v) is 3.85. The van der Waals surface area contributed by atoms with E-state index in [4.69, 9.17) is 10.2 Å². The number of hydrogen-bond donors (Lipinski definition) is 1. The molecule has 1 aliphatic heterocycles. The predicted octanol–water partition coefficient (Wildman–Crippen LogP) is 2.06. The minimum Gasteiger partial charge on any atom is -0.463 e. The number of hydrogen-bond acceptors (Lipinski definition) is 3. The molecule has 4 nitrogen and oxygen atoms in total. The molecule has 4 heteroatoms. The summed E-state index contributed by atoms with van der Waals surface area (Å²) in [4.78, 5) is 4.54. The second-order valence-electron chi connectivity index (χ2n) is 3.85. The van der Waals surface area contributed by atoms with Crippen molar-refractivity contribution in [1.82, 2.24) is 9.55 Å². The van der Waals surface area contributed by atoms with Crippen LogP contribution >= 0.6 is 0 Å². The van der Waals surface area contributed by atoms with Crippen LogP contribution in [0.25, 0.3) is 11.5 Å². The summed E-state index contributed by atoms with van der Waals surface area (Å²) in [5.41, 5.74) is 6.84. The summed E-state index contributed by atoms with van der Waals surface area (Å²) in [5, 5.41) is 0. The molecule has 0 bridgehead atoms. The average molecular weight is 203 g/mol. The zero-order valence-electron chi connectivity index (χ0n) is 8.44. The molecule has 2 aromatic heterocycles. The van der Waals surface area contributed by atoms with Gasteiger partial charge in [-0.1, -0.05) is 0 Å². The Kier molecular flexibility index (Phi) is 1.80. The van der Waals surface area contributed by atoms with E-state index in [9.17, 15) is 0 Å². The highest BCUT2D eigenvalue weighted by atomic mass is 16.3. The molecular formula is C11H13N3O. The smallest absolute Gasteiger partial charge is 0.156 e. The molecule has 0 saturated carbocycles. The first-order chi connectivity index (χ1) is 7.36. The number of aryl methyl sites for hydroxylation is 1. The van der Waals surface area contributed by atoms with Crippen LogP contribution in [0, 0.1) is 0 Å². The van der Waals surface area contributed by atoms with Crippen LogP contribution in [0.3, 0.4) is 0 Å². The Balaban J connectivity index is 2.13. The summed E-state index contributed by atoms with van der Waals surface area (Å²) >= 11 is 0. The molecule has 0 radical (unpaired) electrons. The highest BCUT2D eigenvalue weighted by Gasteiger charge is 2.19. The number of nitrogen functional groups attached to an aromatic ring is 1. The van der Waals surface area contributed by atoms with Crippen LogP contribution in [0.2, 0.25) is 0 Å². The van der Waals surface area contributed by atoms with Gasteiger partial charge in [0.2, 0.25) is 0 Å². The minimum atomic E-state index is 0.736. The number of fused-ring (bicyclic) bond motifs is 1. The molecule has 0 atom stereocenters. The lowest BCUT2D eigenvalue weighted by Crippen LogP contribution is -2.12. The molecule has 0 spiro atoms. The van der Waals surface area contributed by atoms with Crippen LogP contribution in [0.15, 0.2) is 22.8 Å². The van der Waals surface area contributed by atoms with Gasteiger partial charge in [-0.3, -0.25) is 0 Å². The molecule has 0 aromatic carbocycles. The molecule has 0 amide bonds. The summed E-state index contributed by atoms with van der Waals surface area (Å²) in [7, 11) is 0. The van der Waals surface area contributed by atoms with Gasteiger partial charge in [0.05, 0.1) is 6.26 Å². The molecule has 3 rings (SSSR count). The first kappa shape index (κ1) is 8.59. The Labute approximate surface area is 87.7 Å². The van der Waals surface area contributed by atoms with Crippen molar-refractivity contribution in [3.63, 3.8) is 0 Å². The van der Waals surface area contributed by atoms with Crippen molar-refractivity contribution in [2.24, 2.45) is 0 Å². The van der Waals surface area contributed by atoms with Crippen molar-refractivity contribution in [3.8, 4) is 11.5 Å². The summed E-state index contributed by atoms with van der Waals surface area (Å²) < 4.78 is 7.42. The standard InChI is InChI=1S/C11H13N3O/c12-11-10(8-4-3-7-15-8)13-9-5-1-2-6-14(9)11/h3-4,7H,1-2,5-6,12H2. The Bertz CT molecular complexity index is 470. The zero-order valence-corrected chi connectivity index (χ0v) is 8.44. The maximum absolute atomic E-state index is 6.06. The van der Waals surface area contributed by atoms with E-state index in [1.807, 2.05) is 12.1 Å². The van der Waals surface area contributed by atoms with Crippen molar-refractivity contribution in [2.75, 3.05) is 5.73 Å². The van der Waals surface area contributed by atoms with Crippen molar-refractivity contribution in [1.29, 1.82) is 0 Å². The fourth-order valence-corrected chi connectivity index (χ4v) is 2.10. The van der Waals surface area contributed by atoms with Crippen molar-refractivity contribution in [3.05, 3.63) is 24.2 Å². The maximum atomic E-state index is 6.06. The van der Waals surface area contributed by atoms with E-state index in [1.165, 1.54) is 12.8 Å². The van der Waals surface area contributed by atoms with Gasteiger partial charge in [-0.05, 0) is 25.0 Å². The first-order valence-electron chi connectivity index (χ1n) is 5.25. The van der Waals surface area contributed by atoms with E-state index in [2.05, 4.69) is 9.55 Å². The quantitative estimate of drug-likeness (QED) is 0.771. The fourth-order valence-electron chi connectivity index (χ4n) is 2.10. The number of aromatic nitrogens is 2. The third kappa shape index (κ3) is 1.25. The highest BCUT2D eigenvalue weighted by Crippen LogP contribution is 2.29. The van der Waals surface area contributed by atoms with Gasteiger partial charge in [-0.15, -0.1) is 0 Å². The number of nitrogens with two attached hydrogens (primary N) is 1. The minimum absolute atomic E-state index is 0.736. The SMILES string of the molecule is Nc1c(-c2ccco2)nc2n1CCCC2. The van der Waals surface area contributed by atoms with E-state index < -0.39 is 0 Å². The lowest BCUT2D eigenvalue weighted by atomic mass is 10.2. The van der Waals surface area contributed by atoms with Crippen molar-refractivity contribution < 1.29 is 4.42 Å². The normalized spacial score (nSPS) is 15.2. The molecule has 2 N–H and O–H groups in total. The number of imidazole rings is 1. The van der Waals surface area contributed by atoms with E-state index in [-0.39, 0.29) is 0 Å². The average Bonchev–Trinajstić information content (AvgIpc) is 2.87. The Morgan fingerprint density at radius 1 is 1.40 bits per heavy atom. The van der Waals surface area contributed by atoms with Crippen molar-refractivity contribution in [2.45, 2.75) is 25.8 Å². The third-order valence-corrected chi connectivity index (χ3v) is 2.87. The summed E-state index contributed by atoms with van der Waals surface area (Å²) in [5.74, 6) is 2.58. The largest absolute Gasteiger partial charge is 0.463 e. The predicted molar refractivity (Wildman–Crippen MR) is 57.3 cm³/mol. The number of nitrogens with zero attached hydrogens (tertiary/aromatic N) is 2. The lowest BCUT2D eigenvalue weighted by Gasteiger charge is -2.13. The Morgan fingerprint density at radius 3 is 3.07 bits per heavy atom. The number of rotatable bonds is 1. The van der Waals surface area contributed by atoms with Gasteiger partial charge in [0.15, 0.2) is 5.76 Å². The molecule has 78 valence electrons. The van der Waals surface area contributed by atoms with Gasteiger partial charge in [-0.25, -0.2) is 4.98 Å². The zero-order chi connectivity index (χ0) is 10.3. The summed E-state index contributed by atoms with van der Waals surface area (Å²) in [6, 6.07) is 3.75. The third-order valence-electron chi connectivity index (χ3n) is 2.87. The molecule has 0 fully saturated rings. The van der Waals surface area contributed by atoms with Crippen LogP contribution in [-0.4, -0.2) is 9.55 Å². The van der Waals surface area contributed by atoms with E-state index in [0.717, 1.165) is 36.1 Å².